The lowest BCUT2D eigenvalue weighted by Crippen LogP contribution is -2.43. The summed E-state index contributed by atoms with van der Waals surface area (Å²) in [5, 5.41) is 0. The van der Waals surface area contributed by atoms with Crippen LogP contribution in [-0.2, 0) is 10.2 Å². The highest BCUT2D eigenvalue weighted by molar-refractivity contribution is 5.69. The zero-order valence-electron chi connectivity index (χ0n) is 13.6. The van der Waals surface area contributed by atoms with Gasteiger partial charge in [0.1, 0.15) is 5.60 Å². The summed E-state index contributed by atoms with van der Waals surface area (Å²) < 4.78 is 34.3. The number of halogens is 2. The minimum Gasteiger partial charge on any atom is -0.444 e. The maximum Gasteiger partial charge on any atom is 0.410 e. The zero-order chi connectivity index (χ0) is 17.0. The molecule has 23 heavy (non-hydrogen) atoms. The molecule has 1 aromatic rings. The first-order chi connectivity index (χ1) is 10.6. The number of alkyl halides is 2. The van der Waals surface area contributed by atoms with Gasteiger partial charge in [-0.3, -0.25) is 0 Å². The Hall–Kier alpha value is -1.85. The van der Waals surface area contributed by atoms with Crippen LogP contribution in [0.3, 0.4) is 0 Å². The number of benzene rings is 1. The first-order valence-electron chi connectivity index (χ1n) is 7.80. The van der Waals surface area contributed by atoms with Crippen LogP contribution in [0.4, 0.5) is 19.3 Å². The molecule has 1 aliphatic heterocycles. The minimum atomic E-state index is -2.81. The van der Waals surface area contributed by atoms with Gasteiger partial charge < -0.3 is 15.4 Å². The largest absolute Gasteiger partial charge is 0.444 e. The Morgan fingerprint density at radius 3 is 2.43 bits per heavy atom. The number of hydrogen-bond donors (Lipinski definition) is 1. The highest BCUT2D eigenvalue weighted by atomic mass is 19.3. The fraction of sp³-hybridized carbons (Fsp3) is 0.588. The van der Waals surface area contributed by atoms with E-state index in [1.807, 2.05) is 0 Å². The van der Waals surface area contributed by atoms with Crippen LogP contribution in [0.15, 0.2) is 24.3 Å². The number of fused-ring (bicyclic) bond motifs is 1. The van der Waals surface area contributed by atoms with E-state index in [4.69, 9.17) is 10.5 Å². The van der Waals surface area contributed by atoms with Crippen LogP contribution >= 0.6 is 0 Å². The van der Waals surface area contributed by atoms with Crippen molar-refractivity contribution in [3.63, 3.8) is 0 Å². The second-order valence-corrected chi connectivity index (χ2v) is 7.45. The topological polar surface area (TPSA) is 55.6 Å². The molecule has 2 atom stereocenters. The Morgan fingerprint density at radius 1 is 1.30 bits per heavy atom. The number of piperidine rings is 1. The predicted octanol–water partition coefficient (Wildman–Crippen LogP) is 3.41. The Kier molecular flexibility index (Phi) is 3.36. The van der Waals surface area contributed by atoms with Gasteiger partial charge >= 0.3 is 6.09 Å². The van der Waals surface area contributed by atoms with Crippen molar-refractivity contribution in [2.75, 3.05) is 18.8 Å². The molecule has 4 nitrogen and oxygen atoms in total. The predicted molar refractivity (Wildman–Crippen MR) is 83.4 cm³/mol. The Morgan fingerprint density at radius 2 is 1.91 bits per heavy atom. The number of rotatable bonds is 1. The van der Waals surface area contributed by atoms with E-state index >= 15 is 0 Å². The molecule has 6 heteroatoms. The van der Waals surface area contributed by atoms with Crippen LogP contribution < -0.4 is 5.73 Å². The molecule has 2 N–H and O–H groups in total. The number of hydrogen-bond acceptors (Lipinski definition) is 3. The smallest absolute Gasteiger partial charge is 0.410 e. The summed E-state index contributed by atoms with van der Waals surface area (Å²) in [5.74, 6) is -3.67. The van der Waals surface area contributed by atoms with Crippen LogP contribution in [0.2, 0.25) is 0 Å². The molecule has 1 heterocycles. The van der Waals surface area contributed by atoms with Crippen molar-refractivity contribution in [1.82, 2.24) is 4.90 Å². The highest BCUT2D eigenvalue weighted by Gasteiger charge is 2.82. The quantitative estimate of drug-likeness (QED) is 0.805. The van der Waals surface area contributed by atoms with Gasteiger partial charge in [-0.2, -0.15) is 0 Å². The standard InChI is InChI=1S/C17H22F2N2O2/c1-15(2,3)23-14(22)21-9-8-16(13(10-21)17(16,18)19)11-4-6-12(20)7-5-11/h4-7,13H,8-10,20H2,1-3H3. The van der Waals surface area contributed by atoms with E-state index in [1.54, 1.807) is 45.0 Å². The molecule has 3 rings (SSSR count). The highest BCUT2D eigenvalue weighted by Crippen LogP contribution is 2.70. The third-order valence-electron chi connectivity index (χ3n) is 4.80. The number of ether oxygens (including phenoxy) is 1. The van der Waals surface area contributed by atoms with Crippen LogP contribution in [-0.4, -0.2) is 35.6 Å². The molecule has 1 amide bonds. The molecule has 126 valence electrons. The number of carbonyl (C=O) groups is 1. The summed E-state index contributed by atoms with van der Waals surface area (Å²) >= 11 is 0. The van der Waals surface area contributed by atoms with Crippen molar-refractivity contribution in [3.05, 3.63) is 29.8 Å². The lowest BCUT2D eigenvalue weighted by Gasteiger charge is -2.32. The van der Waals surface area contributed by atoms with Crippen LogP contribution in [0, 0.1) is 5.92 Å². The number of amides is 1. The van der Waals surface area contributed by atoms with Crippen LogP contribution in [0.5, 0.6) is 0 Å². The van der Waals surface area contributed by atoms with Gasteiger partial charge in [0.2, 0.25) is 0 Å². The summed E-state index contributed by atoms with van der Waals surface area (Å²) in [6.07, 6.45) is -0.292. The molecule has 2 fully saturated rings. The summed E-state index contributed by atoms with van der Waals surface area (Å²) in [5.41, 5.74) is 5.00. The Bertz CT molecular complexity index is 624. The van der Waals surface area contributed by atoms with E-state index in [0.717, 1.165) is 0 Å². The van der Waals surface area contributed by atoms with Gasteiger partial charge in [0, 0.05) is 18.8 Å². The molecule has 1 aromatic carbocycles. The molecule has 0 radical (unpaired) electrons. The van der Waals surface area contributed by atoms with E-state index < -0.39 is 28.9 Å². The molecule has 1 saturated carbocycles. The number of nitrogen functional groups attached to an aromatic ring is 1. The maximum absolute atomic E-state index is 14.5. The van der Waals surface area contributed by atoms with Crippen molar-refractivity contribution >= 4 is 11.8 Å². The SMILES string of the molecule is CC(C)(C)OC(=O)N1CCC2(c3ccc(N)cc3)C(C1)C2(F)F. The minimum absolute atomic E-state index is 0.0201. The van der Waals surface area contributed by atoms with E-state index in [1.165, 1.54) is 4.90 Å². The molecule has 0 spiro atoms. The normalized spacial score (nSPS) is 28.9. The lowest BCUT2D eigenvalue weighted by molar-refractivity contribution is 0.0195. The molecule has 0 bridgehead atoms. The number of anilines is 1. The summed E-state index contributed by atoms with van der Waals surface area (Å²) in [6.45, 7) is 5.58. The van der Waals surface area contributed by atoms with Crippen molar-refractivity contribution in [2.45, 2.75) is 44.1 Å². The third kappa shape index (κ3) is 2.44. The second kappa shape index (κ2) is 4.82. The zero-order valence-corrected chi connectivity index (χ0v) is 13.6. The van der Waals surface area contributed by atoms with Gasteiger partial charge in [-0.15, -0.1) is 0 Å². The summed E-state index contributed by atoms with van der Waals surface area (Å²) in [4.78, 5) is 13.5. The lowest BCUT2D eigenvalue weighted by atomic mass is 9.87. The molecule has 1 aliphatic carbocycles. The third-order valence-corrected chi connectivity index (χ3v) is 4.80. The fourth-order valence-electron chi connectivity index (χ4n) is 3.58. The van der Waals surface area contributed by atoms with Crippen LogP contribution in [0.25, 0.3) is 0 Å². The first kappa shape index (κ1) is 16.0. The molecule has 2 unspecified atom stereocenters. The van der Waals surface area contributed by atoms with Crippen molar-refractivity contribution in [1.29, 1.82) is 0 Å². The van der Waals surface area contributed by atoms with E-state index in [-0.39, 0.29) is 19.5 Å². The molecule has 1 saturated heterocycles. The van der Waals surface area contributed by atoms with Crippen LogP contribution in [0.1, 0.15) is 32.8 Å². The van der Waals surface area contributed by atoms with Crippen molar-refractivity contribution in [3.8, 4) is 0 Å². The molecule has 0 aromatic heterocycles. The first-order valence-corrected chi connectivity index (χ1v) is 7.80. The van der Waals surface area contributed by atoms with E-state index in [0.29, 0.717) is 11.3 Å². The number of nitrogens with zero attached hydrogens (tertiary/aromatic N) is 1. The monoisotopic (exact) mass is 324 g/mol. The fourth-order valence-corrected chi connectivity index (χ4v) is 3.58. The number of carbonyl (C=O) groups excluding carboxylic acids is 1. The van der Waals surface area contributed by atoms with Gasteiger partial charge in [0.05, 0.1) is 11.3 Å². The summed E-state index contributed by atoms with van der Waals surface area (Å²) in [6, 6.07) is 6.64. The molecular formula is C17H22F2N2O2. The maximum atomic E-state index is 14.5. The second-order valence-electron chi connectivity index (χ2n) is 7.45. The summed E-state index contributed by atoms with van der Waals surface area (Å²) in [7, 11) is 0. The van der Waals surface area contributed by atoms with Crippen molar-refractivity contribution in [2.24, 2.45) is 5.92 Å². The van der Waals surface area contributed by atoms with Gasteiger partial charge in [-0.05, 0) is 44.9 Å². The average Bonchev–Trinajstić information content (AvgIpc) is 2.95. The van der Waals surface area contributed by atoms with Crippen molar-refractivity contribution < 1.29 is 18.3 Å². The number of likely N-dealkylation sites (tertiary alicyclic amines) is 1. The van der Waals surface area contributed by atoms with Gasteiger partial charge in [-0.1, -0.05) is 12.1 Å². The van der Waals surface area contributed by atoms with E-state index in [9.17, 15) is 13.6 Å². The number of nitrogens with two attached hydrogens (primary N) is 1. The molecular weight excluding hydrogens is 302 g/mol. The van der Waals surface area contributed by atoms with E-state index in [2.05, 4.69) is 0 Å². The Balaban J connectivity index is 1.78. The van der Waals surface area contributed by atoms with Gasteiger partial charge in [-0.25, -0.2) is 13.6 Å². The Labute approximate surface area is 134 Å². The average molecular weight is 324 g/mol. The van der Waals surface area contributed by atoms with Gasteiger partial charge in [0.25, 0.3) is 5.92 Å². The molecule has 2 aliphatic rings. The van der Waals surface area contributed by atoms with Gasteiger partial charge in [0.15, 0.2) is 0 Å².